The van der Waals surface area contributed by atoms with E-state index in [2.05, 4.69) is 12.3 Å². The summed E-state index contributed by atoms with van der Waals surface area (Å²) in [5.41, 5.74) is 3.69. The molecule has 0 radical (unpaired) electrons. The van der Waals surface area contributed by atoms with Gasteiger partial charge in [-0.2, -0.15) is 0 Å². The minimum Gasteiger partial charge on any atom is -0.374 e. The Labute approximate surface area is 107 Å². The maximum absolute atomic E-state index is 12.9. The number of ether oxygens (including phenoxy) is 1. The third-order valence-electron chi connectivity index (χ3n) is 3.79. The molecule has 1 aromatic carbocycles. The molecule has 3 N–H and O–H groups in total. The Hall–Kier alpha value is -0.970. The van der Waals surface area contributed by atoms with Gasteiger partial charge >= 0.3 is 0 Å². The van der Waals surface area contributed by atoms with Gasteiger partial charge in [0.1, 0.15) is 5.82 Å². The van der Waals surface area contributed by atoms with E-state index < -0.39 is 0 Å². The maximum atomic E-state index is 12.9. The van der Waals surface area contributed by atoms with Gasteiger partial charge in [0.2, 0.25) is 0 Å². The number of rotatable bonds is 4. The predicted octanol–water partition coefficient (Wildman–Crippen LogP) is 2.16. The van der Waals surface area contributed by atoms with Crippen molar-refractivity contribution >= 4 is 0 Å². The Bertz CT molecular complexity index is 374. The normalized spacial score (nSPS) is 25.9. The van der Waals surface area contributed by atoms with E-state index in [1.165, 1.54) is 12.1 Å². The van der Waals surface area contributed by atoms with E-state index in [4.69, 9.17) is 10.6 Å². The summed E-state index contributed by atoms with van der Waals surface area (Å²) in [5.74, 6) is 5.45. The van der Waals surface area contributed by atoms with Crippen molar-refractivity contribution in [1.29, 1.82) is 0 Å². The third-order valence-corrected chi connectivity index (χ3v) is 3.79. The highest BCUT2D eigenvalue weighted by Gasteiger charge is 2.36. The van der Waals surface area contributed by atoms with Gasteiger partial charge in [0.15, 0.2) is 0 Å². The number of hydrogen-bond acceptors (Lipinski definition) is 3. The molecule has 1 fully saturated rings. The minimum absolute atomic E-state index is 0.0447. The van der Waals surface area contributed by atoms with Gasteiger partial charge in [-0.25, -0.2) is 4.39 Å². The number of nitrogens with two attached hydrogens (primary N) is 1. The quantitative estimate of drug-likeness (QED) is 0.637. The van der Waals surface area contributed by atoms with Gasteiger partial charge in [-0.3, -0.25) is 11.3 Å². The van der Waals surface area contributed by atoms with Crippen LogP contribution in [0.1, 0.15) is 31.7 Å². The second-order valence-electron chi connectivity index (χ2n) is 5.17. The minimum atomic E-state index is -0.235. The average Bonchev–Trinajstić information content (AvgIpc) is 2.38. The molecule has 1 aromatic rings. The fourth-order valence-electron chi connectivity index (χ4n) is 2.54. The molecule has 1 aliphatic rings. The lowest BCUT2D eigenvalue weighted by Crippen LogP contribution is -2.55. The van der Waals surface area contributed by atoms with E-state index in [1.807, 2.05) is 0 Å². The third kappa shape index (κ3) is 3.07. The van der Waals surface area contributed by atoms with Crippen LogP contribution < -0.4 is 11.3 Å². The first kappa shape index (κ1) is 13.5. The number of nitrogens with one attached hydrogen (secondary N) is 1. The first-order valence-corrected chi connectivity index (χ1v) is 6.48. The summed E-state index contributed by atoms with van der Waals surface area (Å²) in [5, 5.41) is 0. The van der Waals surface area contributed by atoms with Gasteiger partial charge in [-0.05, 0) is 50.3 Å². The van der Waals surface area contributed by atoms with Gasteiger partial charge in [0.25, 0.3) is 0 Å². The molecule has 0 saturated carbocycles. The van der Waals surface area contributed by atoms with Gasteiger partial charge in [-0.15, -0.1) is 0 Å². The van der Waals surface area contributed by atoms with Crippen LogP contribution in [-0.4, -0.2) is 18.2 Å². The summed E-state index contributed by atoms with van der Waals surface area (Å²) in [6, 6.07) is 6.60. The van der Waals surface area contributed by atoms with Gasteiger partial charge in [0.05, 0.1) is 11.6 Å². The summed E-state index contributed by atoms with van der Waals surface area (Å²) < 4.78 is 18.8. The lowest BCUT2D eigenvalue weighted by molar-refractivity contribution is -0.0884. The molecule has 18 heavy (non-hydrogen) atoms. The van der Waals surface area contributed by atoms with Gasteiger partial charge in [0, 0.05) is 6.61 Å². The monoisotopic (exact) mass is 252 g/mol. The van der Waals surface area contributed by atoms with E-state index in [1.54, 1.807) is 12.1 Å². The molecule has 0 aromatic heterocycles. The zero-order valence-corrected chi connectivity index (χ0v) is 10.8. The van der Waals surface area contributed by atoms with Crippen LogP contribution in [0.2, 0.25) is 0 Å². The predicted molar refractivity (Wildman–Crippen MR) is 69.4 cm³/mol. The zero-order valence-electron chi connectivity index (χ0n) is 10.8. The Morgan fingerprint density at radius 2 is 2.11 bits per heavy atom. The van der Waals surface area contributed by atoms with E-state index in [9.17, 15) is 4.39 Å². The van der Waals surface area contributed by atoms with Crippen molar-refractivity contribution in [2.24, 2.45) is 5.84 Å². The van der Waals surface area contributed by atoms with Crippen LogP contribution >= 0.6 is 0 Å². The van der Waals surface area contributed by atoms with Gasteiger partial charge in [-0.1, -0.05) is 12.1 Å². The highest BCUT2D eigenvalue weighted by molar-refractivity contribution is 5.18. The molecule has 1 saturated heterocycles. The summed E-state index contributed by atoms with van der Waals surface area (Å²) in [6.45, 7) is 2.89. The van der Waals surface area contributed by atoms with Crippen LogP contribution in [0.3, 0.4) is 0 Å². The Morgan fingerprint density at radius 3 is 2.67 bits per heavy atom. The summed E-state index contributed by atoms with van der Waals surface area (Å²) in [7, 11) is 0. The molecule has 1 aliphatic heterocycles. The van der Waals surface area contributed by atoms with Crippen molar-refractivity contribution in [2.45, 2.75) is 44.2 Å². The van der Waals surface area contributed by atoms with Crippen LogP contribution in [0, 0.1) is 5.82 Å². The van der Waals surface area contributed by atoms with E-state index >= 15 is 0 Å². The van der Waals surface area contributed by atoms with Crippen molar-refractivity contribution in [1.82, 2.24) is 5.43 Å². The van der Waals surface area contributed by atoms with Crippen molar-refractivity contribution < 1.29 is 9.13 Å². The highest BCUT2D eigenvalue weighted by atomic mass is 19.1. The molecule has 0 amide bonds. The topological polar surface area (TPSA) is 47.3 Å². The van der Waals surface area contributed by atoms with E-state index in [-0.39, 0.29) is 17.5 Å². The van der Waals surface area contributed by atoms with Crippen molar-refractivity contribution in [3.05, 3.63) is 35.6 Å². The van der Waals surface area contributed by atoms with Gasteiger partial charge < -0.3 is 4.74 Å². The second kappa shape index (κ2) is 5.78. The first-order chi connectivity index (χ1) is 8.64. The van der Waals surface area contributed by atoms with Crippen molar-refractivity contribution in [3.63, 3.8) is 0 Å². The summed E-state index contributed by atoms with van der Waals surface area (Å²) in [4.78, 5) is 0. The molecule has 1 heterocycles. The van der Waals surface area contributed by atoms with Crippen LogP contribution in [0.4, 0.5) is 4.39 Å². The molecule has 2 atom stereocenters. The van der Waals surface area contributed by atoms with Crippen molar-refractivity contribution in [2.75, 3.05) is 6.61 Å². The maximum Gasteiger partial charge on any atom is 0.123 e. The van der Waals surface area contributed by atoms with E-state index in [0.717, 1.165) is 37.9 Å². The molecule has 2 rings (SSSR count). The van der Waals surface area contributed by atoms with E-state index in [0.29, 0.717) is 0 Å². The Kier molecular flexibility index (Phi) is 4.32. The molecule has 0 spiro atoms. The Balaban J connectivity index is 2.06. The second-order valence-corrected chi connectivity index (χ2v) is 5.17. The van der Waals surface area contributed by atoms with Crippen LogP contribution in [0.25, 0.3) is 0 Å². The summed E-state index contributed by atoms with van der Waals surface area (Å²) >= 11 is 0. The largest absolute Gasteiger partial charge is 0.374 e. The van der Waals surface area contributed by atoms with Crippen molar-refractivity contribution in [3.8, 4) is 0 Å². The number of halogens is 1. The average molecular weight is 252 g/mol. The lowest BCUT2D eigenvalue weighted by atomic mass is 9.85. The first-order valence-electron chi connectivity index (χ1n) is 6.48. The highest BCUT2D eigenvalue weighted by Crippen LogP contribution is 2.29. The summed E-state index contributed by atoms with van der Waals surface area (Å²) in [6.07, 6.45) is 4.03. The SMILES string of the molecule is CC1(C(Cc2ccc(F)cc2)NN)CCCCO1. The van der Waals surface area contributed by atoms with Crippen LogP contribution in [0.5, 0.6) is 0 Å². The Morgan fingerprint density at radius 1 is 1.39 bits per heavy atom. The van der Waals surface area contributed by atoms with Crippen LogP contribution in [0.15, 0.2) is 24.3 Å². The molecule has 0 bridgehead atoms. The molecule has 100 valence electrons. The standard InChI is InChI=1S/C14H21FN2O/c1-14(8-2-3-9-18-14)13(17-16)10-11-4-6-12(15)7-5-11/h4-7,13,17H,2-3,8-10,16H2,1H3. The number of hydrazine groups is 1. The fraction of sp³-hybridized carbons (Fsp3) is 0.571. The lowest BCUT2D eigenvalue weighted by Gasteiger charge is -2.40. The molecule has 4 heteroatoms. The van der Waals surface area contributed by atoms with Crippen LogP contribution in [-0.2, 0) is 11.2 Å². The molecule has 3 nitrogen and oxygen atoms in total. The molecular weight excluding hydrogens is 231 g/mol. The number of hydrogen-bond donors (Lipinski definition) is 2. The smallest absolute Gasteiger partial charge is 0.123 e. The molecular formula is C14H21FN2O. The molecule has 0 aliphatic carbocycles. The fourth-order valence-corrected chi connectivity index (χ4v) is 2.54. The zero-order chi connectivity index (χ0) is 13.0. The molecule has 2 unspecified atom stereocenters. The number of benzene rings is 1.